The number of anilines is 1. The highest BCUT2D eigenvalue weighted by Crippen LogP contribution is 2.23. The van der Waals surface area contributed by atoms with Crippen LogP contribution in [0.5, 0.6) is 0 Å². The molecule has 0 aliphatic carbocycles. The van der Waals surface area contributed by atoms with Gasteiger partial charge in [0.2, 0.25) is 0 Å². The summed E-state index contributed by atoms with van der Waals surface area (Å²) >= 11 is 0. The summed E-state index contributed by atoms with van der Waals surface area (Å²) in [7, 11) is 0. The molecule has 18 heavy (non-hydrogen) atoms. The summed E-state index contributed by atoms with van der Waals surface area (Å²) in [4.78, 5) is 13.0. The lowest BCUT2D eigenvalue weighted by Gasteiger charge is -2.33. The molecular formula is C10H12N6O2. The number of rotatable bonds is 2. The van der Waals surface area contributed by atoms with Crippen molar-refractivity contribution in [2.24, 2.45) is 0 Å². The van der Waals surface area contributed by atoms with Crippen molar-refractivity contribution >= 4 is 17.4 Å². The molecular weight excluding hydrogens is 236 g/mol. The smallest absolute Gasteiger partial charge is 0.326 e. The number of nitrogens with zero attached hydrogens (tertiary/aromatic N) is 6. The van der Waals surface area contributed by atoms with Gasteiger partial charge in [0.1, 0.15) is 6.04 Å². The van der Waals surface area contributed by atoms with Crippen LogP contribution in [0.2, 0.25) is 0 Å². The van der Waals surface area contributed by atoms with Gasteiger partial charge >= 0.3 is 5.97 Å². The molecule has 2 aromatic rings. The monoisotopic (exact) mass is 248 g/mol. The Labute approximate surface area is 102 Å². The maximum Gasteiger partial charge on any atom is 0.326 e. The highest BCUT2D eigenvalue weighted by atomic mass is 16.4. The van der Waals surface area contributed by atoms with Crippen LogP contribution in [0.1, 0.15) is 19.3 Å². The van der Waals surface area contributed by atoms with Crippen molar-refractivity contribution in [1.29, 1.82) is 0 Å². The molecule has 0 aromatic carbocycles. The summed E-state index contributed by atoms with van der Waals surface area (Å²) < 4.78 is 1.31. The van der Waals surface area contributed by atoms with Crippen LogP contribution in [-0.4, -0.2) is 48.9 Å². The second-order valence-electron chi connectivity index (χ2n) is 4.26. The summed E-state index contributed by atoms with van der Waals surface area (Å²) in [5, 5.41) is 24.4. The number of carbonyl (C=O) groups is 1. The van der Waals surface area contributed by atoms with E-state index in [1.807, 2.05) is 0 Å². The van der Waals surface area contributed by atoms with Crippen LogP contribution in [-0.2, 0) is 4.79 Å². The van der Waals surface area contributed by atoms with Crippen LogP contribution in [0.25, 0.3) is 5.65 Å². The van der Waals surface area contributed by atoms with Crippen molar-refractivity contribution in [3.05, 3.63) is 12.1 Å². The molecule has 0 amide bonds. The van der Waals surface area contributed by atoms with Crippen molar-refractivity contribution < 1.29 is 9.90 Å². The Kier molecular flexibility index (Phi) is 2.54. The first-order valence-corrected chi connectivity index (χ1v) is 5.80. The molecule has 2 aromatic heterocycles. The van der Waals surface area contributed by atoms with Crippen molar-refractivity contribution in [2.75, 3.05) is 11.4 Å². The number of aliphatic carboxylic acids is 1. The summed E-state index contributed by atoms with van der Waals surface area (Å²) in [6, 6.07) is 2.98. The average molecular weight is 248 g/mol. The van der Waals surface area contributed by atoms with E-state index in [1.54, 1.807) is 17.0 Å². The zero-order valence-corrected chi connectivity index (χ0v) is 9.60. The van der Waals surface area contributed by atoms with E-state index in [1.165, 1.54) is 4.63 Å². The highest BCUT2D eigenvalue weighted by molar-refractivity contribution is 5.78. The lowest BCUT2D eigenvalue weighted by atomic mass is 10.0. The Morgan fingerprint density at radius 1 is 1.39 bits per heavy atom. The molecule has 1 saturated heterocycles. The summed E-state index contributed by atoms with van der Waals surface area (Å²) in [6.07, 6.45) is 2.55. The van der Waals surface area contributed by atoms with Crippen LogP contribution in [0.15, 0.2) is 12.1 Å². The van der Waals surface area contributed by atoms with E-state index < -0.39 is 12.0 Å². The Morgan fingerprint density at radius 3 is 3.11 bits per heavy atom. The predicted molar refractivity (Wildman–Crippen MR) is 61.2 cm³/mol. The number of carboxylic acids is 1. The average Bonchev–Trinajstić information content (AvgIpc) is 2.85. The number of fused-ring (bicyclic) bond motifs is 1. The van der Waals surface area contributed by atoms with Gasteiger partial charge in [0.05, 0.1) is 0 Å². The van der Waals surface area contributed by atoms with Gasteiger partial charge < -0.3 is 10.0 Å². The zero-order valence-electron chi connectivity index (χ0n) is 9.60. The van der Waals surface area contributed by atoms with Crippen LogP contribution in [0, 0.1) is 0 Å². The largest absolute Gasteiger partial charge is 0.480 e. The zero-order chi connectivity index (χ0) is 12.5. The first-order chi connectivity index (χ1) is 8.75. The third-order valence-corrected chi connectivity index (χ3v) is 3.14. The van der Waals surface area contributed by atoms with Crippen molar-refractivity contribution in [3.8, 4) is 0 Å². The molecule has 1 aliphatic rings. The molecule has 8 heteroatoms. The van der Waals surface area contributed by atoms with Crippen LogP contribution >= 0.6 is 0 Å². The minimum Gasteiger partial charge on any atom is -0.480 e. The van der Waals surface area contributed by atoms with Crippen molar-refractivity contribution in [3.63, 3.8) is 0 Å². The van der Waals surface area contributed by atoms with Gasteiger partial charge in [-0.1, -0.05) is 0 Å². The molecule has 0 radical (unpaired) electrons. The lowest BCUT2D eigenvalue weighted by Crippen LogP contribution is -2.45. The van der Waals surface area contributed by atoms with E-state index in [9.17, 15) is 9.90 Å². The molecule has 94 valence electrons. The van der Waals surface area contributed by atoms with Gasteiger partial charge in [0, 0.05) is 6.54 Å². The van der Waals surface area contributed by atoms with Gasteiger partial charge in [-0.15, -0.1) is 14.8 Å². The second-order valence-corrected chi connectivity index (χ2v) is 4.26. The van der Waals surface area contributed by atoms with Crippen molar-refractivity contribution in [2.45, 2.75) is 25.3 Å². The maximum absolute atomic E-state index is 11.2. The fraction of sp³-hybridized carbons (Fsp3) is 0.500. The summed E-state index contributed by atoms with van der Waals surface area (Å²) in [5.41, 5.74) is 0.544. The minimum atomic E-state index is -0.812. The van der Waals surface area contributed by atoms with Gasteiger partial charge in [-0.3, -0.25) is 0 Å². The number of hydrogen-bond acceptors (Lipinski definition) is 6. The Hall–Kier alpha value is -2.25. The Morgan fingerprint density at radius 2 is 2.28 bits per heavy atom. The molecule has 0 spiro atoms. The predicted octanol–water partition coefficient (Wildman–Crippen LogP) is -0.0372. The van der Waals surface area contributed by atoms with Gasteiger partial charge in [-0.05, 0) is 41.8 Å². The fourth-order valence-electron chi connectivity index (χ4n) is 2.26. The van der Waals surface area contributed by atoms with Crippen LogP contribution in [0.3, 0.4) is 0 Å². The molecule has 1 aliphatic heterocycles. The number of carboxylic acid groups (broad SMARTS) is 1. The molecule has 3 rings (SSSR count). The van der Waals surface area contributed by atoms with Gasteiger partial charge in [-0.25, -0.2) is 4.79 Å². The summed E-state index contributed by atoms with van der Waals surface area (Å²) in [6.45, 7) is 0.692. The third kappa shape index (κ3) is 1.75. The molecule has 0 bridgehead atoms. The number of tetrazole rings is 1. The second kappa shape index (κ2) is 4.21. The number of hydrogen-bond donors (Lipinski definition) is 1. The van der Waals surface area contributed by atoms with E-state index in [0.717, 1.165) is 12.8 Å². The lowest BCUT2D eigenvalue weighted by molar-refractivity contribution is -0.139. The maximum atomic E-state index is 11.2. The minimum absolute atomic E-state index is 0.514. The van der Waals surface area contributed by atoms with E-state index in [0.29, 0.717) is 24.4 Å². The van der Waals surface area contributed by atoms with Gasteiger partial charge in [0.25, 0.3) is 0 Å². The number of piperidine rings is 1. The first kappa shape index (κ1) is 10.9. The van der Waals surface area contributed by atoms with E-state index in [2.05, 4.69) is 20.6 Å². The number of aromatic nitrogens is 5. The quantitative estimate of drug-likeness (QED) is 0.796. The van der Waals surface area contributed by atoms with Crippen molar-refractivity contribution in [1.82, 2.24) is 25.3 Å². The summed E-state index contributed by atoms with van der Waals surface area (Å²) in [5.74, 6) is -0.213. The Bertz CT molecular complexity index is 583. The first-order valence-electron chi connectivity index (χ1n) is 5.80. The van der Waals surface area contributed by atoms with E-state index in [-0.39, 0.29) is 0 Å². The molecule has 1 atom stereocenters. The standard InChI is InChI=1S/C10H12N6O2/c17-10(18)7-3-1-2-6-15(7)9-5-4-8-11-13-14-16(8)12-9/h4-5,7H,1-3,6H2,(H,17,18). The topological polar surface area (TPSA) is 96.5 Å². The molecule has 1 fully saturated rings. The van der Waals surface area contributed by atoms with Crippen LogP contribution < -0.4 is 4.90 Å². The highest BCUT2D eigenvalue weighted by Gasteiger charge is 2.29. The molecule has 1 unspecified atom stereocenters. The van der Waals surface area contributed by atoms with Gasteiger partial charge in [-0.2, -0.15) is 0 Å². The van der Waals surface area contributed by atoms with Crippen LogP contribution in [0.4, 0.5) is 5.82 Å². The normalized spacial score (nSPS) is 20.2. The molecule has 1 N–H and O–H groups in total. The van der Waals surface area contributed by atoms with Gasteiger partial charge in [0.15, 0.2) is 11.5 Å². The fourth-order valence-corrected chi connectivity index (χ4v) is 2.26. The van der Waals surface area contributed by atoms with E-state index >= 15 is 0 Å². The third-order valence-electron chi connectivity index (χ3n) is 3.14. The molecule has 3 heterocycles. The molecule has 0 saturated carbocycles. The van der Waals surface area contributed by atoms with E-state index in [4.69, 9.17) is 0 Å². The molecule has 8 nitrogen and oxygen atoms in total. The Balaban J connectivity index is 1.97. The SMILES string of the molecule is O=C(O)C1CCCCN1c1ccc2nnnn2n1.